The SMILES string of the molecule is [NH]C(=O)c1ccc(C(O)(C(F)(F)F)C(F)(F)F)cc1CCCCc1nnn[nH]1. The molecule has 0 aliphatic rings. The number of amides is 1. The second kappa shape index (κ2) is 7.73. The van der Waals surface area contributed by atoms with E-state index in [0.717, 1.165) is 0 Å². The molecule has 2 rings (SSSR count). The van der Waals surface area contributed by atoms with Gasteiger partial charge in [0, 0.05) is 17.5 Å². The van der Waals surface area contributed by atoms with E-state index < -0.39 is 29.4 Å². The number of aromatic nitrogens is 4. The predicted molar refractivity (Wildman–Crippen MR) is 80.7 cm³/mol. The second-order valence-electron chi connectivity index (χ2n) is 5.96. The number of alkyl halides is 6. The van der Waals surface area contributed by atoms with Crippen LogP contribution in [0.4, 0.5) is 26.3 Å². The lowest BCUT2D eigenvalue weighted by molar-refractivity contribution is -0.376. The Bertz CT molecular complexity index is 805. The van der Waals surface area contributed by atoms with Crippen molar-refractivity contribution < 1.29 is 36.2 Å². The maximum Gasteiger partial charge on any atom is 0.430 e. The van der Waals surface area contributed by atoms with Gasteiger partial charge in [-0.1, -0.05) is 12.1 Å². The number of rotatable bonds is 7. The zero-order chi connectivity index (χ0) is 21.2. The molecule has 0 bridgehead atoms. The van der Waals surface area contributed by atoms with E-state index in [-0.39, 0.29) is 24.0 Å². The van der Waals surface area contributed by atoms with Gasteiger partial charge in [-0.3, -0.25) is 10.5 Å². The van der Waals surface area contributed by atoms with Gasteiger partial charge in [0.05, 0.1) is 0 Å². The van der Waals surface area contributed by atoms with Gasteiger partial charge in [0.2, 0.25) is 0 Å². The molecule has 3 N–H and O–H groups in total. The third kappa shape index (κ3) is 4.24. The average molecular weight is 410 g/mol. The van der Waals surface area contributed by atoms with Crippen molar-refractivity contribution in [3.8, 4) is 0 Å². The Balaban J connectivity index is 2.32. The van der Waals surface area contributed by atoms with Crippen LogP contribution in [0.2, 0.25) is 0 Å². The Morgan fingerprint density at radius 2 is 1.68 bits per heavy atom. The Hall–Kier alpha value is -2.70. The first-order chi connectivity index (χ1) is 12.9. The summed E-state index contributed by atoms with van der Waals surface area (Å²) < 4.78 is 78.3. The van der Waals surface area contributed by atoms with Crippen LogP contribution in [-0.4, -0.2) is 44.0 Å². The van der Waals surface area contributed by atoms with E-state index in [1.165, 1.54) is 0 Å². The topological polar surface area (TPSA) is 116 Å². The van der Waals surface area contributed by atoms with Crippen molar-refractivity contribution in [2.24, 2.45) is 0 Å². The molecule has 28 heavy (non-hydrogen) atoms. The van der Waals surface area contributed by atoms with Gasteiger partial charge in [0.1, 0.15) is 5.82 Å². The highest BCUT2D eigenvalue weighted by Crippen LogP contribution is 2.50. The van der Waals surface area contributed by atoms with Crippen molar-refractivity contribution in [3.05, 3.63) is 40.7 Å². The first kappa shape index (κ1) is 21.6. The van der Waals surface area contributed by atoms with Gasteiger partial charge in [-0.2, -0.15) is 26.3 Å². The van der Waals surface area contributed by atoms with E-state index in [0.29, 0.717) is 36.9 Å². The predicted octanol–water partition coefficient (Wildman–Crippen LogP) is 2.50. The number of H-pyrrole nitrogens is 1. The molecule has 1 aromatic heterocycles. The smallest absolute Gasteiger partial charge is 0.369 e. The van der Waals surface area contributed by atoms with Crippen molar-refractivity contribution in [2.75, 3.05) is 0 Å². The highest BCUT2D eigenvalue weighted by atomic mass is 19.4. The number of nitrogens with one attached hydrogen (secondary N) is 2. The van der Waals surface area contributed by atoms with Crippen LogP contribution in [0.3, 0.4) is 0 Å². The summed E-state index contributed by atoms with van der Waals surface area (Å²) in [6.45, 7) is 0. The van der Waals surface area contributed by atoms with Crippen LogP contribution in [-0.2, 0) is 18.4 Å². The van der Waals surface area contributed by atoms with Gasteiger partial charge in [0.15, 0.2) is 0 Å². The molecule has 0 aliphatic carbocycles. The van der Waals surface area contributed by atoms with Crippen LogP contribution < -0.4 is 5.73 Å². The Morgan fingerprint density at radius 3 is 2.18 bits per heavy atom. The minimum Gasteiger partial charge on any atom is -0.369 e. The van der Waals surface area contributed by atoms with E-state index in [2.05, 4.69) is 20.6 Å². The molecule has 1 heterocycles. The zero-order valence-corrected chi connectivity index (χ0v) is 14.0. The number of benzene rings is 1. The number of carbonyl (C=O) groups is 1. The minimum absolute atomic E-state index is 0.0822. The summed E-state index contributed by atoms with van der Waals surface area (Å²) in [6.07, 6.45) is -11.1. The van der Waals surface area contributed by atoms with Gasteiger partial charge in [-0.25, -0.2) is 5.10 Å². The summed E-state index contributed by atoms with van der Waals surface area (Å²) in [5.41, 5.74) is 0.0585. The molecule has 1 radical (unpaired) electrons. The standard InChI is InChI=1S/C15H14F6N5O2/c16-14(17,18)13(28,15(19,20)21)9-5-6-10(12(22)27)8(7-9)3-1-2-4-11-23-25-26-24-11/h5-7,22,28H,1-4H2,(H,23,24,25,26). The van der Waals surface area contributed by atoms with E-state index in [1.807, 2.05) is 0 Å². The Kier molecular flexibility index (Phi) is 5.97. The lowest BCUT2D eigenvalue weighted by Crippen LogP contribution is -2.54. The molecule has 1 amide bonds. The second-order valence-corrected chi connectivity index (χ2v) is 5.96. The van der Waals surface area contributed by atoms with E-state index in [9.17, 15) is 36.2 Å². The van der Waals surface area contributed by atoms with Crippen LogP contribution in [0, 0.1) is 0 Å². The first-order valence-electron chi connectivity index (χ1n) is 7.85. The molecule has 0 saturated heterocycles. The number of halogens is 6. The Labute approximate surface area is 153 Å². The average Bonchev–Trinajstić information content (AvgIpc) is 3.09. The molecular weight excluding hydrogens is 396 g/mol. The van der Waals surface area contributed by atoms with Crippen molar-refractivity contribution in [1.29, 1.82) is 0 Å². The molecule has 2 aromatic rings. The highest BCUT2D eigenvalue weighted by Gasteiger charge is 2.71. The summed E-state index contributed by atoms with van der Waals surface area (Å²) >= 11 is 0. The summed E-state index contributed by atoms with van der Waals surface area (Å²) in [5, 5.41) is 22.3. The molecule has 0 fully saturated rings. The summed E-state index contributed by atoms with van der Waals surface area (Å²) in [5.74, 6) is -0.822. The van der Waals surface area contributed by atoms with Crippen LogP contribution in [0.1, 0.15) is 40.2 Å². The largest absolute Gasteiger partial charge is 0.430 e. The van der Waals surface area contributed by atoms with E-state index in [1.54, 1.807) is 0 Å². The van der Waals surface area contributed by atoms with Gasteiger partial charge < -0.3 is 5.11 Å². The maximum atomic E-state index is 13.0. The Morgan fingerprint density at radius 1 is 1.07 bits per heavy atom. The molecule has 0 unspecified atom stereocenters. The minimum atomic E-state index is -6.03. The lowest BCUT2D eigenvalue weighted by Gasteiger charge is -2.33. The van der Waals surface area contributed by atoms with E-state index >= 15 is 0 Å². The number of aliphatic hydroxyl groups is 1. The molecule has 1 aromatic carbocycles. The van der Waals surface area contributed by atoms with Crippen LogP contribution in [0.5, 0.6) is 0 Å². The highest BCUT2D eigenvalue weighted by molar-refractivity contribution is 5.93. The normalized spacial score (nSPS) is 13.0. The molecule has 0 spiro atoms. The number of tetrazole rings is 1. The van der Waals surface area contributed by atoms with Crippen molar-refractivity contribution in [1.82, 2.24) is 26.4 Å². The van der Waals surface area contributed by atoms with Crippen molar-refractivity contribution >= 4 is 5.91 Å². The monoisotopic (exact) mass is 410 g/mol. The molecule has 7 nitrogen and oxygen atoms in total. The fourth-order valence-corrected chi connectivity index (χ4v) is 2.63. The van der Waals surface area contributed by atoms with Crippen molar-refractivity contribution in [3.63, 3.8) is 0 Å². The number of aromatic amines is 1. The van der Waals surface area contributed by atoms with Crippen LogP contribution >= 0.6 is 0 Å². The number of nitrogens with zero attached hydrogens (tertiary/aromatic N) is 3. The molecule has 0 atom stereocenters. The first-order valence-corrected chi connectivity index (χ1v) is 7.85. The van der Waals surface area contributed by atoms with Crippen molar-refractivity contribution in [2.45, 2.75) is 43.6 Å². The molecule has 0 saturated carbocycles. The van der Waals surface area contributed by atoms with Crippen LogP contribution in [0.15, 0.2) is 18.2 Å². The number of hydrogen-bond acceptors (Lipinski definition) is 5. The third-order valence-electron chi connectivity index (χ3n) is 4.09. The van der Waals surface area contributed by atoms with Gasteiger partial charge >= 0.3 is 12.4 Å². The van der Waals surface area contributed by atoms with Crippen LogP contribution in [0.25, 0.3) is 0 Å². The fraction of sp³-hybridized carbons (Fsp3) is 0.467. The summed E-state index contributed by atoms with van der Waals surface area (Å²) in [6, 6.07) is 1.51. The zero-order valence-electron chi connectivity index (χ0n) is 14.0. The third-order valence-corrected chi connectivity index (χ3v) is 4.09. The van der Waals surface area contributed by atoms with Gasteiger partial charge in [-0.05, 0) is 41.3 Å². The number of aryl methyl sites for hydroxylation is 2. The molecule has 13 heteroatoms. The maximum absolute atomic E-state index is 13.0. The van der Waals surface area contributed by atoms with E-state index in [4.69, 9.17) is 5.73 Å². The number of carbonyl (C=O) groups excluding carboxylic acids is 1. The van der Waals surface area contributed by atoms with Gasteiger partial charge in [0.25, 0.3) is 11.5 Å². The summed E-state index contributed by atoms with van der Waals surface area (Å²) in [4.78, 5) is 11.4. The van der Waals surface area contributed by atoms with Gasteiger partial charge in [-0.15, -0.1) is 5.10 Å². The lowest BCUT2D eigenvalue weighted by atomic mass is 9.88. The molecule has 153 valence electrons. The number of hydrogen-bond donors (Lipinski definition) is 2. The quantitative estimate of drug-likeness (QED) is 0.538. The molecular formula is C15H14F6N5O2. The summed E-state index contributed by atoms with van der Waals surface area (Å²) in [7, 11) is 0. The molecule has 0 aliphatic heterocycles. The fourth-order valence-electron chi connectivity index (χ4n) is 2.63. The number of unbranched alkanes of at least 4 members (excludes halogenated alkanes) is 1.